The second-order valence-corrected chi connectivity index (χ2v) is 4.90. The quantitative estimate of drug-likeness (QED) is 0.740. The van der Waals surface area contributed by atoms with Crippen LogP contribution >= 0.6 is 0 Å². The van der Waals surface area contributed by atoms with Crippen LogP contribution in [0, 0.1) is 18.8 Å². The predicted octanol–water partition coefficient (Wildman–Crippen LogP) is 3.72. The minimum atomic E-state index is 0.337. The van der Waals surface area contributed by atoms with E-state index in [1.54, 1.807) is 0 Å². The molecule has 0 unspecified atom stereocenters. The molecule has 1 saturated heterocycles. The molecule has 0 aliphatic carbocycles. The summed E-state index contributed by atoms with van der Waals surface area (Å²) >= 11 is 0. The monoisotopic (exact) mass is 217 g/mol. The molecule has 0 N–H and O–H groups in total. The summed E-state index contributed by atoms with van der Waals surface area (Å²) in [7, 11) is 0. The molecule has 2 nitrogen and oxygen atoms in total. The van der Waals surface area contributed by atoms with Gasteiger partial charge in [-0.05, 0) is 25.0 Å². The van der Waals surface area contributed by atoms with Gasteiger partial charge in [-0.25, -0.2) is 4.99 Å². The summed E-state index contributed by atoms with van der Waals surface area (Å²) in [6.45, 7) is 8.63. The van der Waals surface area contributed by atoms with E-state index in [1.807, 2.05) is 12.1 Å². The summed E-state index contributed by atoms with van der Waals surface area (Å²) in [4.78, 5) is 4.51. The van der Waals surface area contributed by atoms with Gasteiger partial charge in [0, 0.05) is 0 Å². The highest BCUT2D eigenvalue weighted by molar-refractivity contribution is 5.86. The smallest absolute Gasteiger partial charge is 0.195 e. The number of nitrogens with zero attached hydrogens (tertiary/aromatic N) is 1. The van der Waals surface area contributed by atoms with Gasteiger partial charge in [0.05, 0.1) is 11.6 Å². The van der Waals surface area contributed by atoms with Crippen molar-refractivity contribution in [1.82, 2.24) is 0 Å². The molecular formula is C14H19NO. The lowest BCUT2D eigenvalue weighted by Crippen LogP contribution is -2.46. The standard InChI is InChI=1S/C14H19NO/c1-9(2)13-11(4)14(16-13)15-12-7-5-10(3)6-8-12/h5-9,11,13H,1-4H3/t11-,13+/m1/s1. The molecule has 0 amide bonds. The van der Waals surface area contributed by atoms with Crippen LogP contribution < -0.4 is 0 Å². The van der Waals surface area contributed by atoms with E-state index in [4.69, 9.17) is 4.74 Å². The van der Waals surface area contributed by atoms with E-state index in [0.29, 0.717) is 17.9 Å². The Hall–Kier alpha value is -1.31. The first-order valence-corrected chi connectivity index (χ1v) is 5.90. The predicted molar refractivity (Wildman–Crippen MR) is 67.1 cm³/mol. The molecule has 2 heteroatoms. The van der Waals surface area contributed by atoms with Crippen molar-refractivity contribution in [2.45, 2.75) is 33.8 Å². The minimum absolute atomic E-state index is 0.337. The topological polar surface area (TPSA) is 21.6 Å². The van der Waals surface area contributed by atoms with Crippen molar-refractivity contribution in [2.75, 3.05) is 0 Å². The number of aliphatic imine (C=N–C) groups is 1. The van der Waals surface area contributed by atoms with Crippen LogP contribution in [-0.4, -0.2) is 12.0 Å². The van der Waals surface area contributed by atoms with E-state index in [1.165, 1.54) is 5.56 Å². The fourth-order valence-corrected chi connectivity index (χ4v) is 2.01. The summed E-state index contributed by atoms with van der Waals surface area (Å²) in [6.07, 6.45) is 0.337. The van der Waals surface area contributed by atoms with Gasteiger partial charge in [-0.3, -0.25) is 0 Å². The van der Waals surface area contributed by atoms with Crippen LogP contribution in [0.2, 0.25) is 0 Å². The Labute approximate surface area is 97.4 Å². The Morgan fingerprint density at radius 3 is 2.31 bits per heavy atom. The number of benzene rings is 1. The highest BCUT2D eigenvalue weighted by Crippen LogP contribution is 2.31. The third kappa shape index (κ3) is 2.11. The molecule has 0 radical (unpaired) electrons. The fraction of sp³-hybridized carbons (Fsp3) is 0.500. The van der Waals surface area contributed by atoms with Gasteiger partial charge in [-0.1, -0.05) is 38.5 Å². The largest absolute Gasteiger partial charge is 0.476 e. The second-order valence-electron chi connectivity index (χ2n) is 4.90. The Kier molecular flexibility index (Phi) is 2.99. The van der Waals surface area contributed by atoms with Crippen molar-refractivity contribution in [1.29, 1.82) is 0 Å². The van der Waals surface area contributed by atoms with Crippen molar-refractivity contribution in [3.63, 3.8) is 0 Å². The lowest BCUT2D eigenvalue weighted by Gasteiger charge is -2.39. The molecule has 0 saturated carbocycles. The molecule has 0 bridgehead atoms. The summed E-state index contributed by atoms with van der Waals surface area (Å²) in [5.41, 5.74) is 2.24. The summed E-state index contributed by atoms with van der Waals surface area (Å²) in [5.74, 6) is 1.89. The first kappa shape index (κ1) is 11.2. The van der Waals surface area contributed by atoms with Gasteiger partial charge in [0.25, 0.3) is 0 Å². The Morgan fingerprint density at radius 1 is 1.19 bits per heavy atom. The zero-order chi connectivity index (χ0) is 11.7. The molecule has 1 aliphatic rings. The second kappa shape index (κ2) is 4.28. The van der Waals surface area contributed by atoms with E-state index in [9.17, 15) is 0 Å². The minimum Gasteiger partial charge on any atom is -0.476 e. The molecule has 16 heavy (non-hydrogen) atoms. The molecule has 2 rings (SSSR count). The van der Waals surface area contributed by atoms with Gasteiger partial charge in [-0.15, -0.1) is 0 Å². The zero-order valence-corrected chi connectivity index (χ0v) is 10.4. The Balaban J connectivity index is 2.07. The van der Waals surface area contributed by atoms with Crippen molar-refractivity contribution in [3.8, 4) is 0 Å². The number of hydrogen-bond donors (Lipinski definition) is 0. The molecule has 0 aromatic heterocycles. The van der Waals surface area contributed by atoms with Crippen LogP contribution in [0.1, 0.15) is 26.3 Å². The lowest BCUT2D eigenvalue weighted by molar-refractivity contribution is 0.0284. The zero-order valence-electron chi connectivity index (χ0n) is 10.4. The summed E-state index contributed by atoms with van der Waals surface area (Å²) in [6, 6.07) is 8.20. The van der Waals surface area contributed by atoms with Crippen molar-refractivity contribution >= 4 is 11.6 Å². The van der Waals surface area contributed by atoms with Gasteiger partial charge in [0.15, 0.2) is 5.90 Å². The number of aryl methyl sites for hydroxylation is 1. The Bertz CT molecular complexity index is 392. The summed E-state index contributed by atoms with van der Waals surface area (Å²) < 4.78 is 5.70. The van der Waals surface area contributed by atoms with Crippen molar-refractivity contribution < 1.29 is 4.74 Å². The van der Waals surface area contributed by atoms with E-state index in [2.05, 4.69) is 44.8 Å². The highest BCUT2D eigenvalue weighted by atomic mass is 16.5. The molecule has 0 spiro atoms. The highest BCUT2D eigenvalue weighted by Gasteiger charge is 2.38. The van der Waals surface area contributed by atoms with Crippen LogP contribution in [0.4, 0.5) is 5.69 Å². The third-order valence-corrected chi connectivity index (χ3v) is 3.07. The maximum Gasteiger partial charge on any atom is 0.195 e. The van der Waals surface area contributed by atoms with Crippen LogP contribution in [0.25, 0.3) is 0 Å². The SMILES string of the molecule is Cc1ccc(N=C2O[C@@H](C(C)C)[C@H]2C)cc1. The molecule has 1 fully saturated rings. The van der Waals surface area contributed by atoms with Crippen LogP contribution in [0.3, 0.4) is 0 Å². The normalized spacial score (nSPS) is 26.7. The van der Waals surface area contributed by atoms with E-state index < -0.39 is 0 Å². The van der Waals surface area contributed by atoms with Crippen LogP contribution in [0.5, 0.6) is 0 Å². The van der Waals surface area contributed by atoms with Crippen LogP contribution in [0.15, 0.2) is 29.3 Å². The van der Waals surface area contributed by atoms with Gasteiger partial charge in [-0.2, -0.15) is 0 Å². The number of hydrogen-bond acceptors (Lipinski definition) is 2. The van der Waals surface area contributed by atoms with Gasteiger partial charge in [0.1, 0.15) is 6.10 Å². The van der Waals surface area contributed by atoms with E-state index >= 15 is 0 Å². The van der Waals surface area contributed by atoms with E-state index in [0.717, 1.165) is 11.6 Å². The summed E-state index contributed by atoms with van der Waals surface area (Å²) in [5, 5.41) is 0. The number of rotatable bonds is 2. The first-order valence-electron chi connectivity index (χ1n) is 5.90. The molecule has 1 aromatic rings. The van der Waals surface area contributed by atoms with Crippen molar-refractivity contribution in [3.05, 3.63) is 29.8 Å². The van der Waals surface area contributed by atoms with Crippen LogP contribution in [-0.2, 0) is 4.74 Å². The molecular weight excluding hydrogens is 198 g/mol. The third-order valence-electron chi connectivity index (χ3n) is 3.07. The van der Waals surface area contributed by atoms with Gasteiger partial charge < -0.3 is 4.74 Å². The Morgan fingerprint density at radius 2 is 1.81 bits per heavy atom. The van der Waals surface area contributed by atoms with Crippen molar-refractivity contribution in [2.24, 2.45) is 16.8 Å². The van der Waals surface area contributed by atoms with Gasteiger partial charge in [0.2, 0.25) is 0 Å². The molecule has 1 aliphatic heterocycles. The first-order chi connectivity index (χ1) is 7.58. The van der Waals surface area contributed by atoms with Gasteiger partial charge >= 0.3 is 0 Å². The fourth-order valence-electron chi connectivity index (χ4n) is 2.01. The average molecular weight is 217 g/mol. The molecule has 1 heterocycles. The molecule has 1 aromatic carbocycles. The lowest BCUT2D eigenvalue weighted by atomic mass is 9.89. The average Bonchev–Trinajstić information content (AvgIpc) is 2.25. The maximum absolute atomic E-state index is 5.70. The number of ether oxygens (including phenoxy) is 1. The van der Waals surface area contributed by atoms with E-state index in [-0.39, 0.29) is 0 Å². The molecule has 86 valence electrons. The molecule has 2 atom stereocenters. The maximum atomic E-state index is 5.70.